The van der Waals surface area contributed by atoms with Crippen LogP contribution in [0.2, 0.25) is 0 Å². The second-order valence-electron chi connectivity index (χ2n) is 5.75. The van der Waals surface area contributed by atoms with Gasteiger partial charge >= 0.3 is 0 Å². The topological polar surface area (TPSA) is 78.5 Å². The number of carbonyl (C=O) groups excluding carboxylic acids is 3. The first kappa shape index (κ1) is 12.4. The zero-order valence-electron chi connectivity index (χ0n) is 10.9. The molecule has 6 nitrogen and oxygen atoms in total. The van der Waals surface area contributed by atoms with Crippen LogP contribution < -0.4 is 10.6 Å². The highest BCUT2D eigenvalue weighted by molar-refractivity contribution is 5.90. The maximum absolute atomic E-state index is 11.8. The second-order valence-corrected chi connectivity index (χ2v) is 5.75. The fourth-order valence-corrected chi connectivity index (χ4v) is 2.86. The standard InChI is InChI=1S/C13H19N3O3/c17-11-4-3-10(15-11)13(19)14-6-8-5-12(18)16(7-8)9-1-2-9/h8-10H,1-7H2,(H,14,19)(H,15,17). The van der Waals surface area contributed by atoms with Gasteiger partial charge in [0.05, 0.1) is 0 Å². The van der Waals surface area contributed by atoms with Crippen LogP contribution in [0.25, 0.3) is 0 Å². The molecule has 2 unspecified atom stereocenters. The molecule has 0 aromatic rings. The van der Waals surface area contributed by atoms with Gasteiger partial charge in [0.2, 0.25) is 17.7 Å². The normalized spacial score (nSPS) is 30.6. The van der Waals surface area contributed by atoms with Crippen LogP contribution in [0.1, 0.15) is 32.1 Å². The number of amides is 3. The monoisotopic (exact) mass is 265 g/mol. The van der Waals surface area contributed by atoms with E-state index in [1.807, 2.05) is 4.90 Å². The summed E-state index contributed by atoms with van der Waals surface area (Å²) in [5, 5.41) is 5.50. The maximum atomic E-state index is 11.8. The third-order valence-corrected chi connectivity index (χ3v) is 4.10. The van der Waals surface area contributed by atoms with Crippen LogP contribution in [0.5, 0.6) is 0 Å². The number of carbonyl (C=O) groups is 3. The van der Waals surface area contributed by atoms with E-state index in [4.69, 9.17) is 0 Å². The van der Waals surface area contributed by atoms with Crippen LogP contribution in [0.15, 0.2) is 0 Å². The molecule has 2 N–H and O–H groups in total. The molecule has 2 atom stereocenters. The molecule has 3 rings (SSSR count). The molecule has 3 fully saturated rings. The lowest BCUT2D eigenvalue weighted by Gasteiger charge is -2.16. The van der Waals surface area contributed by atoms with E-state index in [0.29, 0.717) is 31.8 Å². The van der Waals surface area contributed by atoms with Crippen LogP contribution >= 0.6 is 0 Å². The minimum absolute atomic E-state index is 0.0592. The van der Waals surface area contributed by atoms with Crippen molar-refractivity contribution >= 4 is 17.7 Å². The predicted octanol–water partition coefficient (Wildman–Crippen LogP) is -0.608. The van der Waals surface area contributed by atoms with Gasteiger partial charge in [0, 0.05) is 37.9 Å². The van der Waals surface area contributed by atoms with E-state index in [-0.39, 0.29) is 29.7 Å². The fourth-order valence-electron chi connectivity index (χ4n) is 2.86. The molecule has 0 spiro atoms. The summed E-state index contributed by atoms with van der Waals surface area (Å²) in [7, 11) is 0. The Kier molecular flexibility index (Phi) is 3.16. The molecule has 0 radical (unpaired) electrons. The van der Waals surface area contributed by atoms with E-state index in [1.54, 1.807) is 0 Å². The molecule has 0 aromatic carbocycles. The Morgan fingerprint density at radius 1 is 1.32 bits per heavy atom. The Morgan fingerprint density at radius 2 is 2.11 bits per heavy atom. The number of likely N-dealkylation sites (tertiary alicyclic amines) is 1. The zero-order chi connectivity index (χ0) is 13.4. The first-order valence-corrected chi connectivity index (χ1v) is 7.00. The highest BCUT2D eigenvalue weighted by atomic mass is 16.2. The van der Waals surface area contributed by atoms with Gasteiger partial charge in [-0.25, -0.2) is 0 Å². The first-order valence-electron chi connectivity index (χ1n) is 7.00. The molecule has 1 saturated carbocycles. The van der Waals surface area contributed by atoms with Crippen LogP contribution in [0.3, 0.4) is 0 Å². The van der Waals surface area contributed by atoms with Crippen molar-refractivity contribution in [2.75, 3.05) is 13.1 Å². The average Bonchev–Trinajstić information content (AvgIpc) is 3.03. The molecule has 3 amide bonds. The zero-order valence-corrected chi connectivity index (χ0v) is 10.9. The number of hydrogen-bond donors (Lipinski definition) is 2. The molecule has 1 aliphatic carbocycles. The van der Waals surface area contributed by atoms with Gasteiger partial charge in [-0.1, -0.05) is 0 Å². The van der Waals surface area contributed by atoms with E-state index >= 15 is 0 Å². The molecular formula is C13H19N3O3. The van der Waals surface area contributed by atoms with Gasteiger partial charge in [-0.05, 0) is 19.3 Å². The molecule has 3 aliphatic rings. The van der Waals surface area contributed by atoms with Gasteiger partial charge in [-0.15, -0.1) is 0 Å². The molecular weight excluding hydrogens is 246 g/mol. The fraction of sp³-hybridized carbons (Fsp3) is 0.769. The van der Waals surface area contributed by atoms with Crippen molar-refractivity contribution in [2.45, 2.75) is 44.2 Å². The van der Waals surface area contributed by atoms with Gasteiger partial charge in [-0.2, -0.15) is 0 Å². The quantitative estimate of drug-likeness (QED) is 0.712. The minimum atomic E-state index is -0.385. The van der Waals surface area contributed by atoms with Crippen molar-refractivity contribution in [3.8, 4) is 0 Å². The Hall–Kier alpha value is -1.59. The first-order chi connectivity index (χ1) is 9.13. The number of nitrogens with one attached hydrogen (secondary N) is 2. The number of hydrogen-bond acceptors (Lipinski definition) is 3. The van der Waals surface area contributed by atoms with Gasteiger partial charge in [0.15, 0.2) is 0 Å². The van der Waals surface area contributed by atoms with E-state index in [2.05, 4.69) is 10.6 Å². The van der Waals surface area contributed by atoms with Gasteiger partial charge in [0.1, 0.15) is 6.04 Å². The van der Waals surface area contributed by atoms with Gasteiger partial charge in [0.25, 0.3) is 0 Å². The summed E-state index contributed by atoms with van der Waals surface area (Å²) in [4.78, 5) is 36.6. The van der Waals surface area contributed by atoms with Gasteiger partial charge < -0.3 is 15.5 Å². The molecule has 2 saturated heterocycles. The van der Waals surface area contributed by atoms with Crippen LogP contribution in [-0.4, -0.2) is 47.8 Å². The SMILES string of the molecule is O=C1CCC(C(=O)NCC2CC(=O)N(C3CC3)C2)N1. The van der Waals surface area contributed by atoms with Gasteiger partial charge in [-0.3, -0.25) is 14.4 Å². The summed E-state index contributed by atoms with van der Waals surface area (Å²) in [6.45, 7) is 1.29. The van der Waals surface area contributed by atoms with E-state index in [1.165, 1.54) is 0 Å². The lowest BCUT2D eigenvalue weighted by Crippen LogP contribution is -2.43. The molecule has 6 heteroatoms. The molecule has 0 aromatic heterocycles. The lowest BCUT2D eigenvalue weighted by molar-refractivity contribution is -0.128. The summed E-state index contributed by atoms with van der Waals surface area (Å²) in [5.74, 6) is 0.254. The maximum Gasteiger partial charge on any atom is 0.242 e. The van der Waals surface area contributed by atoms with E-state index in [9.17, 15) is 14.4 Å². The smallest absolute Gasteiger partial charge is 0.242 e. The van der Waals surface area contributed by atoms with Crippen LogP contribution in [0.4, 0.5) is 0 Å². The summed E-state index contributed by atoms with van der Waals surface area (Å²) < 4.78 is 0. The summed E-state index contributed by atoms with van der Waals surface area (Å²) >= 11 is 0. The van der Waals surface area contributed by atoms with Crippen molar-refractivity contribution in [1.82, 2.24) is 15.5 Å². The third kappa shape index (κ3) is 2.72. The van der Waals surface area contributed by atoms with Crippen LogP contribution in [-0.2, 0) is 14.4 Å². The van der Waals surface area contributed by atoms with Crippen LogP contribution in [0, 0.1) is 5.92 Å². The largest absolute Gasteiger partial charge is 0.354 e. The molecule has 19 heavy (non-hydrogen) atoms. The van der Waals surface area contributed by atoms with Crippen molar-refractivity contribution in [3.05, 3.63) is 0 Å². The van der Waals surface area contributed by atoms with Crippen molar-refractivity contribution in [1.29, 1.82) is 0 Å². The molecule has 104 valence electrons. The summed E-state index contributed by atoms with van der Waals surface area (Å²) in [6, 6.07) is 0.0754. The Morgan fingerprint density at radius 3 is 2.74 bits per heavy atom. The Labute approximate surface area is 111 Å². The highest BCUT2D eigenvalue weighted by Crippen LogP contribution is 2.32. The minimum Gasteiger partial charge on any atom is -0.354 e. The van der Waals surface area contributed by atoms with Crippen molar-refractivity contribution in [2.24, 2.45) is 5.92 Å². The highest BCUT2D eigenvalue weighted by Gasteiger charge is 2.39. The Bertz CT molecular complexity index is 419. The molecule has 2 heterocycles. The summed E-state index contributed by atoms with van der Waals surface area (Å²) in [6.07, 6.45) is 3.78. The third-order valence-electron chi connectivity index (χ3n) is 4.10. The molecule has 2 aliphatic heterocycles. The van der Waals surface area contributed by atoms with Crippen molar-refractivity contribution < 1.29 is 14.4 Å². The predicted molar refractivity (Wildman–Crippen MR) is 67.0 cm³/mol. The number of rotatable bonds is 4. The second kappa shape index (κ2) is 4.83. The summed E-state index contributed by atoms with van der Waals surface area (Å²) in [5.41, 5.74) is 0. The number of nitrogens with zero attached hydrogens (tertiary/aromatic N) is 1. The average molecular weight is 265 g/mol. The van der Waals surface area contributed by atoms with E-state index in [0.717, 1.165) is 19.4 Å². The molecule has 0 bridgehead atoms. The van der Waals surface area contributed by atoms with E-state index < -0.39 is 0 Å². The Balaban J connectivity index is 1.44. The lowest BCUT2D eigenvalue weighted by atomic mass is 10.1. The van der Waals surface area contributed by atoms with Crippen molar-refractivity contribution in [3.63, 3.8) is 0 Å².